The van der Waals surface area contributed by atoms with E-state index in [1.54, 1.807) is 7.11 Å². The number of nitrogens with zero attached hydrogens (tertiary/aromatic N) is 1. The summed E-state index contributed by atoms with van der Waals surface area (Å²) in [6, 6.07) is 4.27. The number of methoxy groups -OCH3 is 1. The van der Waals surface area contributed by atoms with Gasteiger partial charge in [0.05, 0.1) is 17.8 Å². The minimum absolute atomic E-state index is 0.0710. The minimum Gasteiger partial charge on any atom is -0.475 e. The fourth-order valence-electron chi connectivity index (χ4n) is 2.95. The fraction of sp³-hybridized carbons (Fsp3) is 0.706. The van der Waals surface area contributed by atoms with Gasteiger partial charge in [-0.15, -0.1) is 0 Å². The van der Waals surface area contributed by atoms with E-state index in [2.05, 4.69) is 38.0 Å². The first kappa shape index (κ1) is 17.2. The summed E-state index contributed by atoms with van der Waals surface area (Å²) >= 11 is 0. The molecule has 1 aliphatic heterocycles. The van der Waals surface area contributed by atoms with E-state index in [-0.39, 0.29) is 11.2 Å². The lowest BCUT2D eigenvalue weighted by atomic mass is 9.94. The van der Waals surface area contributed by atoms with Crippen molar-refractivity contribution < 1.29 is 14.2 Å². The van der Waals surface area contributed by atoms with Gasteiger partial charge >= 0.3 is 0 Å². The van der Waals surface area contributed by atoms with Gasteiger partial charge in [-0.25, -0.2) is 4.98 Å². The highest BCUT2D eigenvalue weighted by Crippen LogP contribution is 2.37. The lowest BCUT2D eigenvalue weighted by Gasteiger charge is -2.27. The van der Waals surface area contributed by atoms with Gasteiger partial charge in [-0.3, -0.25) is 0 Å². The quantitative estimate of drug-likeness (QED) is 0.785. The van der Waals surface area contributed by atoms with Crippen LogP contribution in [0.4, 0.5) is 0 Å². The zero-order chi connectivity index (χ0) is 16.2. The van der Waals surface area contributed by atoms with Crippen molar-refractivity contribution in [2.75, 3.05) is 20.3 Å². The molecule has 1 atom stereocenters. The van der Waals surface area contributed by atoms with E-state index in [9.17, 15) is 0 Å². The summed E-state index contributed by atoms with van der Waals surface area (Å²) in [7, 11) is 1.65. The molecule has 0 aromatic carbocycles. The van der Waals surface area contributed by atoms with Crippen LogP contribution in [0.2, 0.25) is 0 Å². The first-order valence-corrected chi connectivity index (χ1v) is 7.83. The van der Waals surface area contributed by atoms with Gasteiger partial charge in [0.15, 0.2) is 0 Å². The van der Waals surface area contributed by atoms with Crippen LogP contribution in [0.3, 0.4) is 0 Å². The van der Waals surface area contributed by atoms with Gasteiger partial charge in [0, 0.05) is 32.0 Å². The lowest BCUT2D eigenvalue weighted by molar-refractivity contribution is -0.0699. The van der Waals surface area contributed by atoms with Crippen molar-refractivity contribution in [2.24, 2.45) is 0 Å². The van der Waals surface area contributed by atoms with Crippen molar-refractivity contribution in [3.8, 4) is 5.88 Å². The van der Waals surface area contributed by atoms with Crippen LogP contribution in [0.5, 0.6) is 5.88 Å². The van der Waals surface area contributed by atoms with E-state index in [1.807, 2.05) is 18.3 Å². The largest absolute Gasteiger partial charge is 0.475 e. The third-order valence-electron chi connectivity index (χ3n) is 3.96. The van der Waals surface area contributed by atoms with Gasteiger partial charge < -0.3 is 19.5 Å². The zero-order valence-corrected chi connectivity index (χ0v) is 14.3. The minimum atomic E-state index is -0.153. The summed E-state index contributed by atoms with van der Waals surface area (Å²) in [5.74, 6) is 0.631. The van der Waals surface area contributed by atoms with E-state index in [1.165, 1.54) is 0 Å². The normalized spacial score (nSPS) is 22.7. The predicted octanol–water partition coefficient (Wildman–Crippen LogP) is 2.54. The van der Waals surface area contributed by atoms with Gasteiger partial charge in [0.25, 0.3) is 0 Å². The predicted molar refractivity (Wildman–Crippen MR) is 86.1 cm³/mol. The molecule has 1 fully saturated rings. The average Bonchev–Trinajstić information content (AvgIpc) is 2.65. The number of hydrogen-bond donors (Lipinski definition) is 1. The first-order chi connectivity index (χ1) is 10.3. The molecule has 0 aliphatic carbocycles. The number of nitrogens with one attached hydrogen (secondary N) is 1. The number of hydrogen-bond acceptors (Lipinski definition) is 5. The van der Waals surface area contributed by atoms with E-state index in [0.29, 0.717) is 25.1 Å². The Kier molecular flexibility index (Phi) is 5.42. The molecule has 1 aromatic rings. The summed E-state index contributed by atoms with van der Waals surface area (Å²) in [4.78, 5) is 4.31. The fourth-order valence-corrected chi connectivity index (χ4v) is 2.95. The maximum Gasteiger partial charge on any atom is 0.213 e. The monoisotopic (exact) mass is 308 g/mol. The molecule has 0 bridgehead atoms. The van der Waals surface area contributed by atoms with Crippen molar-refractivity contribution in [1.82, 2.24) is 10.3 Å². The Morgan fingerprint density at radius 2 is 2.05 bits per heavy atom. The van der Waals surface area contributed by atoms with Gasteiger partial charge in [0.1, 0.15) is 6.61 Å². The Bertz CT molecular complexity index is 471. The molecular weight excluding hydrogens is 280 g/mol. The number of ether oxygens (including phenoxy) is 3. The summed E-state index contributed by atoms with van der Waals surface area (Å²) in [6.45, 7) is 10.4. The van der Waals surface area contributed by atoms with E-state index >= 15 is 0 Å². The number of pyridine rings is 1. The first-order valence-electron chi connectivity index (χ1n) is 7.83. The molecule has 1 N–H and O–H groups in total. The summed E-state index contributed by atoms with van der Waals surface area (Å²) in [5.41, 5.74) is 0.915. The van der Waals surface area contributed by atoms with E-state index in [0.717, 1.165) is 18.5 Å². The van der Waals surface area contributed by atoms with Crippen LogP contribution in [0.25, 0.3) is 0 Å². The topological polar surface area (TPSA) is 52.6 Å². The Labute approximate surface area is 133 Å². The summed E-state index contributed by atoms with van der Waals surface area (Å²) < 4.78 is 16.5. The van der Waals surface area contributed by atoms with Crippen LogP contribution in [-0.2, 0) is 16.0 Å². The van der Waals surface area contributed by atoms with Crippen LogP contribution in [0.15, 0.2) is 18.3 Å². The van der Waals surface area contributed by atoms with Crippen LogP contribution < -0.4 is 10.1 Å². The molecule has 22 heavy (non-hydrogen) atoms. The molecule has 1 aromatic heterocycles. The molecule has 2 heterocycles. The van der Waals surface area contributed by atoms with Gasteiger partial charge in [0.2, 0.25) is 5.88 Å². The van der Waals surface area contributed by atoms with Crippen LogP contribution >= 0.6 is 0 Å². The van der Waals surface area contributed by atoms with E-state index < -0.39 is 0 Å². The molecule has 1 aliphatic rings. The van der Waals surface area contributed by atoms with Crippen molar-refractivity contribution in [1.29, 1.82) is 0 Å². The smallest absolute Gasteiger partial charge is 0.213 e. The Morgan fingerprint density at radius 3 is 2.59 bits per heavy atom. The molecule has 0 spiro atoms. The molecule has 2 rings (SSSR count). The van der Waals surface area contributed by atoms with Crippen molar-refractivity contribution in [3.05, 3.63) is 23.9 Å². The van der Waals surface area contributed by atoms with Gasteiger partial charge in [-0.1, -0.05) is 6.07 Å². The molecule has 1 saturated heterocycles. The van der Waals surface area contributed by atoms with Crippen molar-refractivity contribution in [2.45, 2.75) is 57.9 Å². The second-order valence-electron chi connectivity index (χ2n) is 6.95. The van der Waals surface area contributed by atoms with Crippen molar-refractivity contribution >= 4 is 0 Å². The molecule has 0 radical (unpaired) electrons. The highest BCUT2D eigenvalue weighted by molar-refractivity contribution is 5.18. The molecule has 124 valence electrons. The lowest BCUT2D eigenvalue weighted by Crippen LogP contribution is -2.42. The van der Waals surface area contributed by atoms with Gasteiger partial charge in [-0.2, -0.15) is 0 Å². The third-order valence-corrected chi connectivity index (χ3v) is 3.96. The van der Waals surface area contributed by atoms with Crippen LogP contribution in [0, 0.1) is 0 Å². The molecular formula is C17H28N2O3. The van der Waals surface area contributed by atoms with E-state index in [4.69, 9.17) is 14.2 Å². The van der Waals surface area contributed by atoms with Gasteiger partial charge in [-0.05, 0) is 39.7 Å². The Hall–Kier alpha value is -1.17. The number of rotatable bonds is 7. The highest BCUT2D eigenvalue weighted by atomic mass is 16.5. The average molecular weight is 308 g/mol. The third kappa shape index (κ3) is 4.66. The van der Waals surface area contributed by atoms with Crippen LogP contribution in [0.1, 0.15) is 39.7 Å². The molecule has 5 heteroatoms. The molecule has 0 saturated carbocycles. The second-order valence-corrected chi connectivity index (χ2v) is 6.95. The number of aromatic nitrogens is 1. The highest BCUT2D eigenvalue weighted by Gasteiger charge is 2.45. The Balaban J connectivity index is 1.84. The standard InChI is InChI=1S/C17H28N2O3/c1-16(2)10-14(17(3,4)22-16)18-11-13-6-7-15(19-12-13)21-9-8-20-5/h6-7,12,14,18H,8-11H2,1-5H3. The maximum absolute atomic E-state index is 6.10. The van der Waals surface area contributed by atoms with Crippen LogP contribution in [-0.4, -0.2) is 42.6 Å². The molecule has 1 unspecified atom stereocenters. The summed E-state index contributed by atoms with van der Waals surface area (Å²) in [5, 5.41) is 3.59. The SMILES string of the molecule is COCCOc1ccc(CNC2CC(C)(C)OC2(C)C)cn1. The Morgan fingerprint density at radius 1 is 1.27 bits per heavy atom. The zero-order valence-electron chi connectivity index (χ0n) is 14.3. The summed E-state index contributed by atoms with van der Waals surface area (Å²) in [6.07, 6.45) is 2.86. The van der Waals surface area contributed by atoms with Crippen molar-refractivity contribution in [3.63, 3.8) is 0 Å². The second kappa shape index (κ2) is 6.94. The maximum atomic E-state index is 6.10. The molecule has 5 nitrogen and oxygen atoms in total. The molecule has 0 amide bonds.